The molecule has 6 aliphatic rings. The van der Waals surface area contributed by atoms with Crippen LogP contribution in [0.25, 0.3) is 0 Å². The first-order chi connectivity index (χ1) is 18.5. The number of ether oxygens (including phenoxy) is 1. The summed E-state index contributed by atoms with van der Waals surface area (Å²) >= 11 is 0. The smallest absolute Gasteiger partial charge is 0.189 e. The molecule has 0 radical (unpaired) electrons. The van der Waals surface area contributed by atoms with E-state index in [4.69, 9.17) is 4.74 Å². The Kier molecular flexibility index (Phi) is 6.28. The molecule has 0 aliphatic heterocycles. The molecule has 7 rings (SSSR count). The molecule has 2 spiro atoms. The van der Waals surface area contributed by atoms with Crippen molar-refractivity contribution in [2.75, 3.05) is 33.9 Å². The van der Waals surface area contributed by atoms with Gasteiger partial charge in [0.1, 0.15) is 5.75 Å². The minimum Gasteiger partial charge on any atom is -0.497 e. The number of hydrogen-bond acceptors (Lipinski definition) is 6. The average Bonchev–Trinajstić information content (AvgIpc) is 3.18. The van der Waals surface area contributed by atoms with Crippen LogP contribution in [0.2, 0.25) is 0 Å². The first-order valence-electron chi connectivity index (χ1n) is 14.8. The van der Waals surface area contributed by atoms with Gasteiger partial charge in [-0.05, 0) is 93.5 Å². The highest BCUT2D eigenvalue weighted by atomic mass is 16.5. The van der Waals surface area contributed by atoms with E-state index in [1.165, 1.54) is 0 Å². The van der Waals surface area contributed by atoms with Crippen molar-refractivity contribution in [2.45, 2.75) is 70.5 Å². The van der Waals surface area contributed by atoms with Gasteiger partial charge in [0.05, 0.1) is 25.4 Å². The van der Waals surface area contributed by atoms with Gasteiger partial charge < -0.3 is 25.0 Å². The Balaban J connectivity index is 1.49. The number of aliphatic hydroxyl groups is 3. The van der Waals surface area contributed by atoms with Gasteiger partial charge in [-0.15, -0.1) is 0 Å². The number of aliphatic hydroxyl groups excluding tert-OH is 2. The summed E-state index contributed by atoms with van der Waals surface area (Å²) in [6.45, 7) is 5.78. The number of benzene rings is 1. The number of nitrogens with zero attached hydrogens (tertiary/aromatic N) is 1. The minimum atomic E-state index is -0.890. The van der Waals surface area contributed by atoms with Crippen LogP contribution < -0.4 is 4.74 Å². The highest BCUT2D eigenvalue weighted by Crippen LogP contribution is 2.78. The minimum absolute atomic E-state index is 0.0413. The van der Waals surface area contributed by atoms with Gasteiger partial charge >= 0.3 is 0 Å². The molecule has 3 N–H and O–H groups in total. The van der Waals surface area contributed by atoms with Crippen LogP contribution >= 0.6 is 0 Å². The molecule has 8 atom stereocenters. The lowest BCUT2D eigenvalue weighted by molar-refractivity contribution is -0.175. The van der Waals surface area contributed by atoms with E-state index >= 15 is 0 Å². The predicted molar refractivity (Wildman–Crippen MR) is 150 cm³/mol. The van der Waals surface area contributed by atoms with Crippen LogP contribution in [0.15, 0.2) is 48.1 Å². The number of methoxy groups -OCH3 is 1. The molecule has 6 heteroatoms. The summed E-state index contributed by atoms with van der Waals surface area (Å²) in [5.74, 6) is 1.19. The second-order valence-electron chi connectivity index (χ2n) is 13.8. The summed E-state index contributed by atoms with van der Waals surface area (Å²) in [6.07, 6.45) is 12.4. The van der Waals surface area contributed by atoms with Crippen LogP contribution in [-0.2, 0) is 0 Å². The SMILES string of the molecule is COc1ccc(C(=O)C2=C[C@@]34C=C[C@@]25[C@@H]2CC[C@@](O)(CN(C)CCO)[C@@]2(C)CC[C@@H]5[C@@]3(C)CCC(O)C4)cc1. The topological polar surface area (TPSA) is 90.2 Å². The molecular weight excluding hydrogens is 490 g/mol. The lowest BCUT2D eigenvalue weighted by Crippen LogP contribution is -2.67. The lowest BCUT2D eigenvalue weighted by atomic mass is 9.32. The van der Waals surface area contributed by atoms with Crippen molar-refractivity contribution in [3.8, 4) is 5.75 Å². The maximum Gasteiger partial charge on any atom is 0.189 e. The molecule has 0 amide bonds. The van der Waals surface area contributed by atoms with Crippen LogP contribution in [0.3, 0.4) is 0 Å². The molecule has 6 nitrogen and oxygen atoms in total. The van der Waals surface area contributed by atoms with Crippen molar-refractivity contribution in [1.82, 2.24) is 4.90 Å². The summed E-state index contributed by atoms with van der Waals surface area (Å²) < 4.78 is 5.35. The van der Waals surface area contributed by atoms with Gasteiger partial charge in [0, 0.05) is 40.5 Å². The molecule has 1 aromatic carbocycles. The van der Waals surface area contributed by atoms with Crippen molar-refractivity contribution in [2.24, 2.45) is 33.5 Å². The molecule has 39 heavy (non-hydrogen) atoms. The number of likely N-dealkylation sites (N-methyl/N-ethyl adjacent to an activating group) is 1. The summed E-state index contributed by atoms with van der Waals surface area (Å²) in [6, 6.07) is 7.43. The van der Waals surface area contributed by atoms with Crippen molar-refractivity contribution in [3.63, 3.8) is 0 Å². The summed E-state index contributed by atoms with van der Waals surface area (Å²) in [5.41, 5.74) is -0.552. The van der Waals surface area contributed by atoms with Crippen molar-refractivity contribution in [3.05, 3.63) is 53.6 Å². The lowest BCUT2D eigenvalue weighted by Gasteiger charge is -2.71. The van der Waals surface area contributed by atoms with Crippen LogP contribution in [0.1, 0.15) is 69.2 Å². The van der Waals surface area contributed by atoms with Gasteiger partial charge in [-0.2, -0.15) is 0 Å². The zero-order chi connectivity index (χ0) is 27.8. The Hall–Kier alpha value is -1.99. The van der Waals surface area contributed by atoms with Crippen LogP contribution in [-0.4, -0.2) is 71.6 Å². The quantitative estimate of drug-likeness (QED) is 0.354. The highest BCUT2D eigenvalue weighted by Gasteiger charge is 2.74. The normalized spacial score (nSPS) is 44.0. The molecule has 1 aromatic rings. The molecule has 212 valence electrons. The fourth-order valence-corrected chi connectivity index (χ4v) is 10.2. The van der Waals surface area contributed by atoms with Gasteiger partial charge in [0.2, 0.25) is 0 Å². The number of Topliss-reactive ketones (excluding diaryl/α,β-unsaturated/α-hetero) is 1. The van der Waals surface area contributed by atoms with Crippen molar-refractivity contribution in [1.29, 1.82) is 0 Å². The predicted octanol–water partition coefficient (Wildman–Crippen LogP) is 4.39. The van der Waals surface area contributed by atoms with Crippen LogP contribution in [0, 0.1) is 33.5 Å². The van der Waals surface area contributed by atoms with Gasteiger partial charge in [0.15, 0.2) is 5.78 Å². The maximum absolute atomic E-state index is 14.5. The molecule has 3 saturated carbocycles. The fraction of sp³-hybridized carbons (Fsp3) is 0.667. The molecule has 6 aliphatic carbocycles. The van der Waals surface area contributed by atoms with Crippen LogP contribution in [0.5, 0.6) is 5.75 Å². The average molecular weight is 536 g/mol. The fourth-order valence-electron chi connectivity index (χ4n) is 10.2. The Morgan fingerprint density at radius 3 is 2.38 bits per heavy atom. The van der Waals surface area contributed by atoms with Crippen LogP contribution in [0.4, 0.5) is 0 Å². The molecule has 0 heterocycles. The number of ketones is 1. The molecular formula is C33H45NO5. The van der Waals surface area contributed by atoms with E-state index in [9.17, 15) is 20.1 Å². The second-order valence-corrected chi connectivity index (χ2v) is 13.8. The first-order valence-corrected chi connectivity index (χ1v) is 14.8. The van der Waals surface area contributed by atoms with E-state index in [2.05, 4.69) is 32.1 Å². The van der Waals surface area contributed by atoms with Gasteiger partial charge in [-0.25, -0.2) is 0 Å². The number of hydrogen-bond donors (Lipinski definition) is 3. The Morgan fingerprint density at radius 2 is 1.69 bits per heavy atom. The monoisotopic (exact) mass is 535 g/mol. The highest BCUT2D eigenvalue weighted by molar-refractivity contribution is 6.10. The third kappa shape index (κ3) is 3.51. The molecule has 0 aromatic heterocycles. The standard InChI is InChI=1S/C33H45NO5/c1-29-12-9-23(36)19-31(29)15-16-33(25(20-31)28(37)22-5-7-24(39-4)8-6-22)26(29)10-13-30(2)27(33)11-14-32(30,38)21-34(3)17-18-35/h5-8,15-16,20,23,26-27,35-36,38H,9-14,17-19,21H2,1-4H3/t23?,26-,27-,29-,30+,31+,32-,33-/m1/s1. The maximum atomic E-state index is 14.5. The third-order valence-electron chi connectivity index (χ3n) is 12.3. The zero-order valence-corrected chi connectivity index (χ0v) is 23.9. The second kappa shape index (κ2) is 9.01. The van der Waals surface area contributed by atoms with Gasteiger partial charge in [0.25, 0.3) is 0 Å². The number of carbonyl (C=O) groups is 1. The summed E-state index contributed by atoms with van der Waals surface area (Å²) in [7, 11) is 3.60. The molecule has 1 unspecified atom stereocenters. The Bertz CT molecular complexity index is 1210. The Morgan fingerprint density at radius 1 is 1.03 bits per heavy atom. The van der Waals surface area contributed by atoms with Gasteiger partial charge in [-0.1, -0.05) is 32.1 Å². The number of fused-ring (bicyclic) bond motifs is 1. The summed E-state index contributed by atoms with van der Waals surface area (Å²) in [5, 5.41) is 32.6. The third-order valence-corrected chi connectivity index (χ3v) is 12.3. The molecule has 0 saturated heterocycles. The number of rotatable bonds is 7. The number of allylic oxidation sites excluding steroid dienone is 4. The van der Waals surface area contributed by atoms with E-state index < -0.39 is 11.0 Å². The largest absolute Gasteiger partial charge is 0.497 e. The van der Waals surface area contributed by atoms with Crippen molar-refractivity contribution >= 4 is 5.78 Å². The van der Waals surface area contributed by atoms with E-state index in [-0.39, 0.29) is 46.6 Å². The van der Waals surface area contributed by atoms with E-state index in [1.807, 2.05) is 36.2 Å². The Labute approximate surface area is 232 Å². The van der Waals surface area contributed by atoms with Gasteiger partial charge in [-0.3, -0.25) is 4.79 Å². The van der Waals surface area contributed by atoms with Crippen molar-refractivity contribution < 1.29 is 24.9 Å². The van der Waals surface area contributed by atoms with E-state index in [0.29, 0.717) is 31.5 Å². The zero-order valence-electron chi connectivity index (χ0n) is 23.9. The molecule has 3 fully saturated rings. The number of carbonyl (C=O) groups excluding carboxylic acids is 1. The molecule has 2 bridgehead atoms. The van der Waals surface area contributed by atoms with E-state index in [0.717, 1.165) is 43.4 Å². The van der Waals surface area contributed by atoms with E-state index in [1.54, 1.807) is 7.11 Å². The first kappa shape index (κ1) is 27.2. The summed E-state index contributed by atoms with van der Waals surface area (Å²) in [4.78, 5) is 16.6.